The molecule has 0 saturated heterocycles. The van der Waals surface area contributed by atoms with Gasteiger partial charge in [-0.05, 0) is 26.9 Å². The van der Waals surface area contributed by atoms with Gasteiger partial charge in [-0.15, -0.1) is 0 Å². The molecule has 1 aliphatic rings. The fraction of sp³-hybridized carbons (Fsp3) is 0.917. The number of aldehydes is 1. The number of nitrogens with zero attached hydrogens (tertiary/aromatic N) is 1. The summed E-state index contributed by atoms with van der Waals surface area (Å²) in [7, 11) is 7.38. The molecule has 1 rings (SSSR count). The van der Waals surface area contributed by atoms with Crippen molar-refractivity contribution < 1.29 is 14.3 Å². The maximum absolute atomic E-state index is 11.4. The Kier molecular flexibility index (Phi) is 4.89. The van der Waals surface area contributed by atoms with Gasteiger partial charge in [0.1, 0.15) is 5.60 Å². The molecule has 1 saturated carbocycles. The van der Waals surface area contributed by atoms with E-state index in [2.05, 4.69) is 19.0 Å². The molecule has 0 aliphatic heterocycles. The third-order valence-electron chi connectivity index (χ3n) is 3.81. The second kappa shape index (κ2) is 5.75. The zero-order chi connectivity index (χ0) is 12.2. The van der Waals surface area contributed by atoms with E-state index in [4.69, 9.17) is 9.47 Å². The molecule has 0 spiro atoms. The Bertz CT molecular complexity index is 232. The van der Waals surface area contributed by atoms with Crippen molar-refractivity contribution in [3.63, 3.8) is 0 Å². The van der Waals surface area contributed by atoms with E-state index in [0.29, 0.717) is 25.0 Å². The molecule has 0 heterocycles. The number of hydrogen-bond donors (Lipinski definition) is 0. The number of ether oxygens (including phenoxy) is 2. The van der Waals surface area contributed by atoms with Gasteiger partial charge in [0.05, 0.1) is 0 Å². The third kappa shape index (κ3) is 2.44. The molecule has 0 N–H and O–H groups in total. The second-order valence-corrected chi connectivity index (χ2v) is 4.73. The highest BCUT2D eigenvalue weighted by Crippen LogP contribution is 2.41. The first-order chi connectivity index (χ1) is 7.61. The first-order valence-corrected chi connectivity index (χ1v) is 5.78. The van der Waals surface area contributed by atoms with Gasteiger partial charge >= 0.3 is 0 Å². The van der Waals surface area contributed by atoms with Crippen LogP contribution in [0.15, 0.2) is 0 Å². The maximum Gasteiger partial charge on any atom is 0.152 e. The van der Waals surface area contributed by atoms with E-state index in [1.807, 2.05) is 0 Å². The first-order valence-electron chi connectivity index (χ1n) is 5.78. The van der Waals surface area contributed by atoms with Crippen LogP contribution in [0.5, 0.6) is 0 Å². The molecule has 1 aliphatic carbocycles. The predicted octanol–water partition coefficient (Wildman–Crippen LogP) is 0.947. The molecule has 3 atom stereocenters. The maximum atomic E-state index is 11.4. The molecule has 94 valence electrons. The van der Waals surface area contributed by atoms with Gasteiger partial charge in [-0.2, -0.15) is 0 Å². The average Bonchev–Trinajstić information content (AvgIpc) is 2.21. The summed E-state index contributed by atoms with van der Waals surface area (Å²) in [5.41, 5.74) is -0.663. The minimum absolute atomic E-state index is 0.292. The summed E-state index contributed by atoms with van der Waals surface area (Å²) >= 11 is 0. The summed E-state index contributed by atoms with van der Waals surface area (Å²) in [5.74, 6) is 0.292. The lowest BCUT2D eigenvalue weighted by molar-refractivity contribution is -0.151. The normalized spacial score (nSPS) is 28.6. The molecule has 4 nitrogen and oxygen atoms in total. The summed E-state index contributed by atoms with van der Waals surface area (Å²) in [5, 5.41) is 0. The Morgan fingerprint density at radius 3 is 2.38 bits per heavy atom. The Morgan fingerprint density at radius 2 is 2.06 bits per heavy atom. The van der Waals surface area contributed by atoms with Crippen LogP contribution in [0.25, 0.3) is 0 Å². The topological polar surface area (TPSA) is 38.8 Å². The lowest BCUT2D eigenvalue weighted by Crippen LogP contribution is -2.57. The van der Waals surface area contributed by atoms with Gasteiger partial charge < -0.3 is 19.2 Å². The van der Waals surface area contributed by atoms with E-state index in [9.17, 15) is 4.79 Å². The molecular formula is C12H23NO3. The van der Waals surface area contributed by atoms with Gasteiger partial charge in [0.25, 0.3) is 0 Å². The van der Waals surface area contributed by atoms with Crippen molar-refractivity contribution in [1.82, 2.24) is 4.90 Å². The molecule has 0 aromatic carbocycles. The monoisotopic (exact) mass is 229 g/mol. The third-order valence-corrected chi connectivity index (χ3v) is 3.81. The Balaban J connectivity index is 2.72. The van der Waals surface area contributed by atoms with E-state index < -0.39 is 5.60 Å². The number of carbonyl (C=O) groups is 1. The predicted molar refractivity (Wildman–Crippen MR) is 62.5 cm³/mol. The second-order valence-electron chi connectivity index (χ2n) is 4.73. The van der Waals surface area contributed by atoms with Crippen molar-refractivity contribution in [1.29, 1.82) is 0 Å². The fourth-order valence-electron chi connectivity index (χ4n) is 2.57. The molecule has 0 bridgehead atoms. The van der Waals surface area contributed by atoms with Gasteiger partial charge in [0, 0.05) is 39.2 Å². The van der Waals surface area contributed by atoms with Crippen molar-refractivity contribution in [2.24, 2.45) is 5.92 Å². The van der Waals surface area contributed by atoms with E-state index in [0.717, 1.165) is 19.1 Å². The highest BCUT2D eigenvalue weighted by Gasteiger charge is 2.48. The van der Waals surface area contributed by atoms with Crippen LogP contribution >= 0.6 is 0 Å². The Hall–Kier alpha value is -0.450. The van der Waals surface area contributed by atoms with Crippen LogP contribution < -0.4 is 0 Å². The van der Waals surface area contributed by atoms with Crippen LogP contribution in [0.2, 0.25) is 0 Å². The van der Waals surface area contributed by atoms with Crippen LogP contribution in [-0.2, 0) is 14.3 Å². The number of carbonyl (C=O) groups excluding carboxylic acids is 1. The van der Waals surface area contributed by atoms with Crippen LogP contribution in [-0.4, -0.2) is 57.8 Å². The van der Waals surface area contributed by atoms with Crippen molar-refractivity contribution in [2.75, 3.05) is 34.9 Å². The van der Waals surface area contributed by atoms with Gasteiger partial charge in [-0.25, -0.2) is 0 Å². The summed E-state index contributed by atoms with van der Waals surface area (Å²) in [4.78, 5) is 13.5. The number of methoxy groups -OCH3 is 2. The van der Waals surface area contributed by atoms with Gasteiger partial charge in [0.2, 0.25) is 0 Å². The van der Waals surface area contributed by atoms with Crippen molar-refractivity contribution >= 4 is 6.29 Å². The highest BCUT2D eigenvalue weighted by atomic mass is 16.5. The standard InChI is InChI=1S/C12H23NO3/c1-13(2)11-6-5-10(11)12(9-14,16-4)7-8-15-3/h9-11H,5-8H2,1-4H3. The molecule has 0 radical (unpaired) electrons. The van der Waals surface area contributed by atoms with Crippen LogP contribution in [0.1, 0.15) is 19.3 Å². The minimum atomic E-state index is -0.663. The van der Waals surface area contributed by atoms with Gasteiger partial charge in [0.15, 0.2) is 6.29 Å². The Labute approximate surface area is 97.9 Å². The fourth-order valence-corrected chi connectivity index (χ4v) is 2.57. The van der Waals surface area contributed by atoms with E-state index in [-0.39, 0.29) is 0 Å². The molecule has 4 heteroatoms. The molecule has 0 aromatic heterocycles. The highest BCUT2D eigenvalue weighted by molar-refractivity contribution is 5.64. The first kappa shape index (κ1) is 13.6. The summed E-state index contributed by atoms with van der Waals surface area (Å²) in [6.45, 7) is 0.559. The molecule has 16 heavy (non-hydrogen) atoms. The molecule has 1 fully saturated rings. The van der Waals surface area contributed by atoms with E-state index in [1.165, 1.54) is 0 Å². The van der Waals surface area contributed by atoms with Gasteiger partial charge in [-0.1, -0.05) is 0 Å². The number of rotatable bonds is 7. The van der Waals surface area contributed by atoms with Gasteiger partial charge in [-0.3, -0.25) is 0 Å². The smallest absolute Gasteiger partial charge is 0.152 e. The zero-order valence-electron chi connectivity index (χ0n) is 10.7. The SMILES string of the molecule is COCCC(C=O)(OC)C1CCC1N(C)C. The lowest BCUT2D eigenvalue weighted by Gasteiger charge is -2.49. The molecule has 0 amide bonds. The van der Waals surface area contributed by atoms with Crippen LogP contribution in [0, 0.1) is 5.92 Å². The van der Waals surface area contributed by atoms with E-state index >= 15 is 0 Å². The molecular weight excluding hydrogens is 206 g/mol. The Morgan fingerprint density at radius 1 is 1.38 bits per heavy atom. The lowest BCUT2D eigenvalue weighted by atomic mass is 9.67. The minimum Gasteiger partial charge on any atom is -0.385 e. The van der Waals surface area contributed by atoms with E-state index in [1.54, 1.807) is 14.2 Å². The average molecular weight is 229 g/mol. The summed E-state index contributed by atoms with van der Waals surface area (Å²) < 4.78 is 10.6. The van der Waals surface area contributed by atoms with Crippen molar-refractivity contribution in [3.8, 4) is 0 Å². The zero-order valence-corrected chi connectivity index (χ0v) is 10.7. The molecule has 0 aromatic rings. The van der Waals surface area contributed by atoms with Crippen molar-refractivity contribution in [3.05, 3.63) is 0 Å². The number of hydrogen-bond acceptors (Lipinski definition) is 4. The summed E-state index contributed by atoms with van der Waals surface area (Å²) in [6.07, 6.45) is 3.80. The largest absolute Gasteiger partial charge is 0.385 e. The molecule has 3 unspecified atom stereocenters. The quantitative estimate of drug-likeness (QED) is 0.609. The van der Waals surface area contributed by atoms with Crippen LogP contribution in [0.3, 0.4) is 0 Å². The van der Waals surface area contributed by atoms with Crippen molar-refractivity contribution in [2.45, 2.75) is 30.9 Å². The summed E-state index contributed by atoms with van der Waals surface area (Å²) in [6, 6.07) is 0.446. The van der Waals surface area contributed by atoms with Crippen LogP contribution in [0.4, 0.5) is 0 Å².